The number of Topliss-reactive ketones (excluding diaryl/α,β-unsaturated/α-hetero) is 1. The molecule has 0 unspecified atom stereocenters. The first-order valence-electron chi connectivity index (χ1n) is 11.7. The zero-order valence-electron chi connectivity index (χ0n) is 21.8. The summed E-state index contributed by atoms with van der Waals surface area (Å²) in [5, 5.41) is 4.71. The number of methoxy groups -OCH3 is 1. The van der Waals surface area contributed by atoms with Crippen molar-refractivity contribution in [3.8, 4) is 17.1 Å². The molecule has 0 bridgehead atoms. The number of halogens is 1. The van der Waals surface area contributed by atoms with Crippen molar-refractivity contribution in [2.45, 2.75) is 6.54 Å². The van der Waals surface area contributed by atoms with Crippen molar-refractivity contribution >= 4 is 23.4 Å². The first-order chi connectivity index (χ1) is 17.4. The van der Waals surface area contributed by atoms with Gasteiger partial charge in [0.1, 0.15) is 11.9 Å². The zero-order valence-corrected chi connectivity index (χ0v) is 23.4. The number of ether oxygens (including phenoxy) is 1. The Hall–Kier alpha value is -3.91. The van der Waals surface area contributed by atoms with Gasteiger partial charge in [0, 0.05) is 45.1 Å². The lowest BCUT2D eigenvalue weighted by Crippen LogP contribution is -3.00. The van der Waals surface area contributed by atoms with E-state index in [1.54, 1.807) is 11.8 Å². The van der Waals surface area contributed by atoms with Crippen LogP contribution in [0.2, 0.25) is 0 Å². The van der Waals surface area contributed by atoms with E-state index >= 15 is 0 Å². The summed E-state index contributed by atoms with van der Waals surface area (Å²) in [6.07, 6.45) is 5.57. The number of hydrogen-bond donors (Lipinski definition) is 0. The molecule has 0 amide bonds. The zero-order chi connectivity index (χ0) is 25.7. The van der Waals surface area contributed by atoms with Gasteiger partial charge in [0.05, 0.1) is 18.9 Å². The van der Waals surface area contributed by atoms with E-state index in [1.807, 2.05) is 117 Å². The van der Waals surface area contributed by atoms with Crippen molar-refractivity contribution in [1.29, 1.82) is 0 Å². The number of ketones is 1. The summed E-state index contributed by atoms with van der Waals surface area (Å²) in [5.41, 5.74) is 4.76. The van der Waals surface area contributed by atoms with E-state index in [1.165, 1.54) is 0 Å². The van der Waals surface area contributed by atoms with Gasteiger partial charge in [-0.25, -0.2) is 4.57 Å². The van der Waals surface area contributed by atoms with Gasteiger partial charge in [-0.15, -0.1) is 4.68 Å². The van der Waals surface area contributed by atoms with Crippen LogP contribution in [0.5, 0.6) is 5.75 Å². The summed E-state index contributed by atoms with van der Waals surface area (Å²) in [6.45, 7) is 0.197. The molecule has 37 heavy (non-hydrogen) atoms. The van der Waals surface area contributed by atoms with Crippen molar-refractivity contribution in [2.75, 3.05) is 45.1 Å². The molecule has 7 nitrogen and oxygen atoms in total. The Labute approximate surface area is 229 Å². The summed E-state index contributed by atoms with van der Waals surface area (Å²) in [6, 6.07) is 23.6. The second kappa shape index (κ2) is 12.4. The molecular formula is C29H32BrN5O2. The van der Waals surface area contributed by atoms with Crippen LogP contribution in [-0.4, -0.2) is 51.9 Å². The molecule has 0 fully saturated rings. The van der Waals surface area contributed by atoms with Gasteiger partial charge in [-0.3, -0.25) is 4.79 Å². The van der Waals surface area contributed by atoms with E-state index in [2.05, 4.69) is 17.0 Å². The molecule has 3 aromatic carbocycles. The van der Waals surface area contributed by atoms with Crippen LogP contribution >= 0.6 is 0 Å². The van der Waals surface area contributed by atoms with Crippen LogP contribution in [0.25, 0.3) is 11.4 Å². The van der Waals surface area contributed by atoms with E-state index in [4.69, 9.17) is 9.84 Å². The Morgan fingerprint density at radius 1 is 0.892 bits per heavy atom. The van der Waals surface area contributed by atoms with Gasteiger partial charge >= 0.3 is 5.82 Å². The van der Waals surface area contributed by atoms with Crippen LogP contribution < -0.4 is 36.2 Å². The summed E-state index contributed by atoms with van der Waals surface area (Å²) < 4.78 is 9.05. The van der Waals surface area contributed by atoms with E-state index in [0.29, 0.717) is 5.56 Å². The number of imidazole rings is 1. The lowest BCUT2D eigenvalue weighted by atomic mass is 10.1. The van der Waals surface area contributed by atoms with Crippen molar-refractivity contribution in [2.24, 2.45) is 5.10 Å². The number of aromatic nitrogens is 2. The molecule has 0 spiro atoms. The lowest BCUT2D eigenvalue weighted by molar-refractivity contribution is -0.666. The Morgan fingerprint density at radius 3 is 2.00 bits per heavy atom. The maximum atomic E-state index is 13.1. The third-order valence-electron chi connectivity index (χ3n) is 5.99. The smallest absolute Gasteiger partial charge is 0.314 e. The lowest BCUT2D eigenvalue weighted by Gasteiger charge is -2.12. The van der Waals surface area contributed by atoms with Crippen LogP contribution in [-0.2, 0) is 6.54 Å². The fraction of sp³-hybridized carbons (Fsp3) is 0.207. The summed E-state index contributed by atoms with van der Waals surface area (Å²) in [4.78, 5) is 17.2. The molecule has 0 aliphatic rings. The minimum absolute atomic E-state index is 0. The van der Waals surface area contributed by atoms with Gasteiger partial charge in [0.15, 0.2) is 12.7 Å². The van der Waals surface area contributed by atoms with E-state index in [-0.39, 0.29) is 29.3 Å². The molecule has 1 heterocycles. The number of rotatable bonds is 9. The number of carbonyl (C=O) groups is 1. The molecule has 0 atom stereocenters. The Bertz CT molecular complexity index is 1340. The molecule has 8 heteroatoms. The van der Waals surface area contributed by atoms with Crippen LogP contribution in [0.1, 0.15) is 15.9 Å². The monoisotopic (exact) mass is 561 g/mol. The largest absolute Gasteiger partial charge is 1.00 e. The maximum absolute atomic E-state index is 13.1. The number of carbonyl (C=O) groups excluding carboxylic acids is 1. The van der Waals surface area contributed by atoms with Crippen molar-refractivity contribution in [1.82, 2.24) is 4.57 Å². The van der Waals surface area contributed by atoms with Crippen molar-refractivity contribution in [3.05, 3.63) is 96.3 Å². The van der Waals surface area contributed by atoms with Crippen LogP contribution in [0.3, 0.4) is 0 Å². The minimum Gasteiger partial charge on any atom is -1.00 e. The molecule has 192 valence electrons. The Morgan fingerprint density at radius 2 is 1.46 bits per heavy atom. The third-order valence-corrected chi connectivity index (χ3v) is 5.99. The maximum Gasteiger partial charge on any atom is 0.314 e. The fourth-order valence-corrected chi connectivity index (χ4v) is 3.85. The highest BCUT2D eigenvalue weighted by molar-refractivity contribution is 5.96. The number of hydrogen-bond acceptors (Lipinski definition) is 5. The minimum atomic E-state index is 0. The first kappa shape index (κ1) is 27.7. The average Bonchev–Trinajstić information content (AvgIpc) is 3.29. The van der Waals surface area contributed by atoms with Gasteiger partial charge in [-0.05, 0) is 66.2 Å². The predicted octanol–water partition coefficient (Wildman–Crippen LogP) is 1.35. The van der Waals surface area contributed by atoms with E-state index < -0.39 is 0 Å². The number of benzene rings is 3. The van der Waals surface area contributed by atoms with Gasteiger partial charge in [-0.2, -0.15) is 0 Å². The molecule has 1 aromatic heterocycles. The SMILES string of the molecule is COc1ccc(-c2n(CC(=O)c3ccc(N(C)C)cc3)cc[n+]2N=Cc2ccc(N(C)C)cc2)cc1.[Br-]. The molecule has 0 radical (unpaired) electrons. The number of nitrogens with zero attached hydrogens (tertiary/aromatic N) is 5. The van der Waals surface area contributed by atoms with Gasteiger partial charge < -0.3 is 31.5 Å². The van der Waals surface area contributed by atoms with Gasteiger partial charge in [0.25, 0.3) is 0 Å². The molecule has 0 saturated heterocycles. The second-order valence-corrected chi connectivity index (χ2v) is 8.92. The van der Waals surface area contributed by atoms with E-state index in [9.17, 15) is 4.79 Å². The van der Waals surface area contributed by atoms with Crippen molar-refractivity contribution in [3.63, 3.8) is 0 Å². The predicted molar refractivity (Wildman–Crippen MR) is 145 cm³/mol. The molecule has 4 aromatic rings. The van der Waals surface area contributed by atoms with Crippen LogP contribution in [0, 0.1) is 0 Å². The highest BCUT2D eigenvalue weighted by Crippen LogP contribution is 2.21. The topological polar surface area (TPSA) is 54.0 Å². The first-order valence-corrected chi connectivity index (χ1v) is 11.7. The van der Waals surface area contributed by atoms with Crippen molar-refractivity contribution < 1.29 is 31.2 Å². The summed E-state index contributed by atoms with van der Waals surface area (Å²) in [5.74, 6) is 1.60. The summed E-state index contributed by atoms with van der Waals surface area (Å²) in [7, 11) is 9.63. The highest BCUT2D eigenvalue weighted by atomic mass is 79.9. The quantitative estimate of drug-likeness (QED) is 0.176. The normalized spacial score (nSPS) is 10.7. The fourth-order valence-electron chi connectivity index (χ4n) is 3.85. The summed E-state index contributed by atoms with van der Waals surface area (Å²) >= 11 is 0. The molecule has 0 saturated carbocycles. The second-order valence-electron chi connectivity index (χ2n) is 8.92. The molecule has 0 N–H and O–H groups in total. The average molecular weight is 563 g/mol. The Kier molecular flexibility index (Phi) is 9.25. The molecule has 4 rings (SSSR count). The number of anilines is 2. The van der Waals surface area contributed by atoms with Gasteiger partial charge in [-0.1, -0.05) is 17.2 Å². The van der Waals surface area contributed by atoms with E-state index in [0.717, 1.165) is 34.1 Å². The Balaban J connectivity index is 0.00000380. The highest BCUT2D eigenvalue weighted by Gasteiger charge is 2.22. The van der Waals surface area contributed by atoms with Crippen LogP contribution in [0.4, 0.5) is 11.4 Å². The van der Waals surface area contributed by atoms with Gasteiger partial charge in [0.2, 0.25) is 5.78 Å². The van der Waals surface area contributed by atoms with Crippen LogP contribution in [0.15, 0.2) is 90.3 Å². The molecular weight excluding hydrogens is 530 g/mol. The molecule has 0 aliphatic carbocycles. The third kappa shape index (κ3) is 6.65. The standard InChI is InChI=1S/C29H32N5O2.BrH/c1-31(2)25-12-6-22(7-13-25)20-30-34-19-18-33(29(34)24-10-16-27(36-5)17-11-24)21-28(35)23-8-14-26(15-9-23)32(3)4;/h6-20H,21H2,1-5H3;1H/q+1;/p-1. The molecule has 0 aliphatic heterocycles.